The third-order valence-corrected chi connectivity index (χ3v) is 3.16. The van der Waals surface area contributed by atoms with Gasteiger partial charge in [0.25, 0.3) is 5.69 Å². The molecule has 1 N–H and O–H groups in total. The van der Waals surface area contributed by atoms with Crippen LogP contribution in [0.15, 0.2) is 12.1 Å². The van der Waals surface area contributed by atoms with Gasteiger partial charge in [0, 0.05) is 13.2 Å². The van der Waals surface area contributed by atoms with Crippen LogP contribution in [0.4, 0.5) is 5.69 Å². The zero-order valence-corrected chi connectivity index (χ0v) is 13.9. The molecule has 0 aliphatic heterocycles. The van der Waals surface area contributed by atoms with Gasteiger partial charge in [0.15, 0.2) is 5.02 Å². The van der Waals surface area contributed by atoms with Gasteiger partial charge in [0.1, 0.15) is 25.3 Å². The normalized spacial score (nSPS) is 11.8. The van der Waals surface area contributed by atoms with Gasteiger partial charge in [-0.25, -0.2) is 4.79 Å². The van der Waals surface area contributed by atoms with Crippen LogP contribution in [0, 0.1) is 10.1 Å². The van der Waals surface area contributed by atoms with Crippen molar-refractivity contribution in [3.63, 3.8) is 0 Å². The lowest BCUT2D eigenvalue weighted by molar-refractivity contribution is -0.384. The fourth-order valence-electron chi connectivity index (χ4n) is 1.65. The van der Waals surface area contributed by atoms with E-state index in [0.29, 0.717) is 0 Å². The Hall–Kier alpha value is -1.94. The first-order valence-electron chi connectivity index (χ1n) is 6.93. The third kappa shape index (κ3) is 5.60. The molecular formula is C14H18ClNO8. The van der Waals surface area contributed by atoms with Gasteiger partial charge in [0.2, 0.25) is 0 Å². The fourth-order valence-corrected chi connectivity index (χ4v) is 1.89. The van der Waals surface area contributed by atoms with Crippen LogP contribution in [0.25, 0.3) is 0 Å². The molecule has 1 aromatic rings. The SMILES string of the molecule is CCOC(=O)c1cc(OC[C@@H](CO)OCOC)c(Cl)c([N+](=O)[O-])c1. The van der Waals surface area contributed by atoms with Crippen LogP contribution in [-0.2, 0) is 14.2 Å². The number of rotatable bonds is 10. The molecule has 0 fully saturated rings. The van der Waals surface area contributed by atoms with Gasteiger partial charge in [-0.15, -0.1) is 0 Å². The fraction of sp³-hybridized carbons (Fsp3) is 0.500. The van der Waals surface area contributed by atoms with E-state index in [1.807, 2.05) is 0 Å². The minimum Gasteiger partial charge on any atom is -0.489 e. The third-order valence-electron chi connectivity index (χ3n) is 2.78. The van der Waals surface area contributed by atoms with Gasteiger partial charge in [-0.2, -0.15) is 0 Å². The van der Waals surface area contributed by atoms with Crippen molar-refractivity contribution in [1.82, 2.24) is 0 Å². The maximum atomic E-state index is 11.8. The quantitative estimate of drug-likeness (QED) is 0.289. The summed E-state index contributed by atoms with van der Waals surface area (Å²) in [6.07, 6.45) is -0.730. The molecule has 0 aromatic heterocycles. The average Bonchev–Trinajstić information content (AvgIpc) is 2.56. The van der Waals surface area contributed by atoms with Gasteiger partial charge >= 0.3 is 5.97 Å². The van der Waals surface area contributed by atoms with E-state index in [-0.39, 0.29) is 42.9 Å². The number of methoxy groups -OCH3 is 1. The summed E-state index contributed by atoms with van der Waals surface area (Å²) in [6.45, 7) is 1.15. The van der Waals surface area contributed by atoms with Gasteiger partial charge in [0.05, 0.1) is 23.7 Å². The molecule has 0 amide bonds. The predicted octanol–water partition coefficient (Wildman–Crippen LogP) is 1.79. The summed E-state index contributed by atoms with van der Waals surface area (Å²) in [4.78, 5) is 22.1. The second-order valence-corrected chi connectivity index (χ2v) is 4.85. The Balaban J connectivity index is 3.03. The van der Waals surface area contributed by atoms with Crippen LogP contribution in [0.2, 0.25) is 5.02 Å². The molecule has 0 bridgehead atoms. The Kier molecular flexibility index (Phi) is 8.41. The first kappa shape index (κ1) is 20.1. The lowest BCUT2D eigenvalue weighted by atomic mass is 10.2. The molecule has 1 rings (SSSR count). The molecule has 0 heterocycles. The number of ether oxygens (including phenoxy) is 4. The number of hydrogen-bond acceptors (Lipinski definition) is 8. The lowest BCUT2D eigenvalue weighted by Crippen LogP contribution is -2.26. The van der Waals surface area contributed by atoms with Gasteiger partial charge in [-0.1, -0.05) is 11.6 Å². The first-order valence-corrected chi connectivity index (χ1v) is 7.31. The molecule has 134 valence electrons. The van der Waals surface area contributed by atoms with Crippen molar-refractivity contribution in [2.24, 2.45) is 0 Å². The highest BCUT2D eigenvalue weighted by atomic mass is 35.5. The van der Waals surface area contributed by atoms with Gasteiger partial charge in [-0.05, 0) is 13.0 Å². The number of benzene rings is 1. The number of carbonyl (C=O) groups excluding carboxylic acids is 1. The topological polar surface area (TPSA) is 117 Å². The first-order chi connectivity index (χ1) is 11.4. The number of aliphatic hydroxyl groups is 1. The minimum absolute atomic E-state index is 0.0642. The summed E-state index contributed by atoms with van der Waals surface area (Å²) in [7, 11) is 1.42. The van der Waals surface area contributed by atoms with Crippen molar-refractivity contribution in [3.8, 4) is 5.75 Å². The Morgan fingerprint density at radius 2 is 2.17 bits per heavy atom. The monoisotopic (exact) mass is 363 g/mol. The number of carbonyl (C=O) groups is 1. The molecular weight excluding hydrogens is 346 g/mol. The maximum absolute atomic E-state index is 11.8. The molecule has 0 radical (unpaired) electrons. The number of hydrogen-bond donors (Lipinski definition) is 1. The van der Waals surface area contributed by atoms with Crippen LogP contribution < -0.4 is 4.74 Å². The van der Waals surface area contributed by atoms with Crippen LogP contribution in [0.1, 0.15) is 17.3 Å². The van der Waals surface area contributed by atoms with E-state index >= 15 is 0 Å². The van der Waals surface area contributed by atoms with Crippen LogP contribution >= 0.6 is 11.6 Å². The molecule has 24 heavy (non-hydrogen) atoms. The van der Waals surface area contributed by atoms with Gasteiger partial charge < -0.3 is 24.1 Å². The maximum Gasteiger partial charge on any atom is 0.338 e. The number of nitro groups is 1. The lowest BCUT2D eigenvalue weighted by Gasteiger charge is -2.16. The number of esters is 1. The van der Waals surface area contributed by atoms with E-state index < -0.39 is 22.7 Å². The predicted molar refractivity (Wildman–Crippen MR) is 83.4 cm³/mol. The van der Waals surface area contributed by atoms with E-state index in [1.165, 1.54) is 13.2 Å². The summed E-state index contributed by atoms with van der Waals surface area (Å²) in [5, 5.41) is 20.0. The van der Waals surface area contributed by atoms with Crippen molar-refractivity contribution in [1.29, 1.82) is 0 Å². The Morgan fingerprint density at radius 3 is 2.71 bits per heavy atom. The van der Waals surface area contributed by atoms with Gasteiger partial charge in [-0.3, -0.25) is 10.1 Å². The van der Waals surface area contributed by atoms with E-state index in [4.69, 9.17) is 30.5 Å². The largest absolute Gasteiger partial charge is 0.489 e. The van der Waals surface area contributed by atoms with E-state index in [2.05, 4.69) is 0 Å². The summed E-state index contributed by atoms with van der Waals surface area (Å²) < 4.78 is 20.0. The number of nitro benzene ring substituents is 1. The van der Waals surface area contributed by atoms with Crippen LogP contribution in [-0.4, -0.2) is 55.8 Å². The molecule has 1 atom stereocenters. The average molecular weight is 364 g/mol. The zero-order valence-electron chi connectivity index (χ0n) is 13.2. The van der Waals surface area contributed by atoms with Crippen molar-refractivity contribution in [2.75, 3.05) is 33.7 Å². The van der Waals surface area contributed by atoms with Crippen molar-refractivity contribution < 1.29 is 33.8 Å². The molecule has 10 heteroatoms. The summed E-state index contributed by atoms with van der Waals surface area (Å²) >= 11 is 5.94. The van der Waals surface area contributed by atoms with E-state index in [1.54, 1.807) is 6.92 Å². The zero-order chi connectivity index (χ0) is 18.1. The Bertz CT molecular complexity index is 580. The molecule has 0 saturated carbocycles. The van der Waals surface area contributed by atoms with Crippen molar-refractivity contribution >= 4 is 23.3 Å². The molecule has 0 saturated heterocycles. The molecule has 1 aromatic carbocycles. The molecule has 9 nitrogen and oxygen atoms in total. The number of nitrogens with zero attached hydrogens (tertiary/aromatic N) is 1. The standard InChI is InChI=1S/C14H18ClNO8/c1-3-22-14(18)9-4-11(16(19)20)13(15)12(5-9)23-7-10(6-17)24-8-21-2/h4-5,10,17H,3,6-8H2,1-2H3/t10-/m1/s1. The second-order valence-electron chi connectivity index (χ2n) is 4.47. The Labute approximate surface area is 143 Å². The second kappa shape index (κ2) is 10.0. The molecule has 0 spiro atoms. The van der Waals surface area contributed by atoms with E-state index in [0.717, 1.165) is 6.07 Å². The van der Waals surface area contributed by atoms with Crippen molar-refractivity contribution in [3.05, 3.63) is 32.8 Å². The summed E-state index contributed by atoms with van der Waals surface area (Å²) in [5.41, 5.74) is -0.558. The Morgan fingerprint density at radius 1 is 1.46 bits per heavy atom. The molecule has 0 aliphatic carbocycles. The number of aliphatic hydroxyl groups excluding tert-OH is 1. The van der Waals surface area contributed by atoms with E-state index in [9.17, 15) is 20.0 Å². The van der Waals surface area contributed by atoms with Crippen LogP contribution in [0.3, 0.4) is 0 Å². The summed E-state index contributed by atoms with van der Waals surface area (Å²) in [5.74, 6) is -0.829. The summed E-state index contributed by atoms with van der Waals surface area (Å²) in [6, 6.07) is 2.25. The molecule has 0 aliphatic rings. The number of halogens is 1. The highest BCUT2D eigenvalue weighted by Gasteiger charge is 2.23. The van der Waals surface area contributed by atoms with Crippen molar-refractivity contribution in [2.45, 2.75) is 13.0 Å². The highest BCUT2D eigenvalue weighted by Crippen LogP contribution is 2.35. The molecule has 0 unspecified atom stereocenters. The minimum atomic E-state index is -0.739. The smallest absolute Gasteiger partial charge is 0.338 e. The van der Waals surface area contributed by atoms with Crippen LogP contribution in [0.5, 0.6) is 5.75 Å². The highest BCUT2D eigenvalue weighted by molar-refractivity contribution is 6.34.